The molecule has 1 aromatic heterocycles. The lowest BCUT2D eigenvalue weighted by Gasteiger charge is -2.22. The van der Waals surface area contributed by atoms with Crippen LogP contribution >= 0.6 is 0 Å². The van der Waals surface area contributed by atoms with Gasteiger partial charge in [-0.2, -0.15) is 0 Å². The lowest BCUT2D eigenvalue weighted by Crippen LogP contribution is -2.18. The number of pyridine rings is 1. The third kappa shape index (κ3) is 3.19. The zero-order valence-corrected chi connectivity index (χ0v) is 9.85. The van der Waals surface area contributed by atoms with E-state index in [0.29, 0.717) is 17.2 Å². The number of carbonyl (C=O) groups is 1. The minimum absolute atomic E-state index is 0.302. The van der Waals surface area contributed by atoms with Gasteiger partial charge in [-0.15, -0.1) is 0 Å². The Hall–Kier alpha value is -1.58. The molecular formula is C13H18N2O2. The Balaban J connectivity index is 1.96. The van der Waals surface area contributed by atoms with Crippen molar-refractivity contribution in [3.05, 3.63) is 24.0 Å². The van der Waals surface area contributed by atoms with Crippen LogP contribution in [0.1, 0.15) is 42.5 Å². The summed E-state index contributed by atoms with van der Waals surface area (Å²) < 4.78 is 0. The number of hydrogen-bond acceptors (Lipinski definition) is 3. The number of anilines is 1. The summed E-state index contributed by atoms with van der Waals surface area (Å²) in [5.41, 5.74) is 0.932. The first-order chi connectivity index (χ1) is 8.27. The van der Waals surface area contributed by atoms with Gasteiger partial charge in [0.25, 0.3) is 0 Å². The zero-order chi connectivity index (χ0) is 12.1. The van der Waals surface area contributed by atoms with Gasteiger partial charge in [0, 0.05) is 12.7 Å². The molecule has 0 aromatic carbocycles. The molecule has 2 N–H and O–H groups in total. The van der Waals surface area contributed by atoms with Crippen LogP contribution in [0.25, 0.3) is 0 Å². The van der Waals surface area contributed by atoms with E-state index in [4.69, 9.17) is 5.11 Å². The van der Waals surface area contributed by atoms with Crippen molar-refractivity contribution in [3.63, 3.8) is 0 Å². The number of aromatic nitrogens is 1. The van der Waals surface area contributed by atoms with E-state index in [1.807, 2.05) is 0 Å². The first kappa shape index (κ1) is 11.9. The first-order valence-electron chi connectivity index (χ1n) is 6.18. The molecule has 0 radical (unpaired) electrons. The summed E-state index contributed by atoms with van der Waals surface area (Å²) in [5, 5.41) is 12.3. The largest absolute Gasteiger partial charge is 0.478 e. The molecule has 0 saturated heterocycles. The van der Waals surface area contributed by atoms with E-state index in [0.717, 1.165) is 6.54 Å². The van der Waals surface area contributed by atoms with E-state index >= 15 is 0 Å². The molecule has 0 bridgehead atoms. The molecule has 0 atom stereocenters. The van der Waals surface area contributed by atoms with Crippen molar-refractivity contribution in [3.8, 4) is 0 Å². The molecule has 4 nitrogen and oxygen atoms in total. The summed E-state index contributed by atoms with van der Waals surface area (Å²) in [6.45, 7) is 0.853. The molecule has 1 aliphatic carbocycles. The van der Waals surface area contributed by atoms with E-state index < -0.39 is 5.97 Å². The SMILES string of the molecule is O=C(O)c1ccncc1NCC1CCCCC1. The van der Waals surface area contributed by atoms with E-state index in [1.165, 1.54) is 44.4 Å². The smallest absolute Gasteiger partial charge is 0.337 e. The summed E-state index contributed by atoms with van der Waals surface area (Å²) in [7, 11) is 0. The minimum Gasteiger partial charge on any atom is -0.478 e. The van der Waals surface area contributed by atoms with Gasteiger partial charge in [0.1, 0.15) is 0 Å². The fourth-order valence-electron chi connectivity index (χ4n) is 2.37. The minimum atomic E-state index is -0.904. The summed E-state index contributed by atoms with van der Waals surface area (Å²) in [6, 6.07) is 1.53. The fraction of sp³-hybridized carbons (Fsp3) is 0.538. The van der Waals surface area contributed by atoms with Gasteiger partial charge in [-0.25, -0.2) is 4.79 Å². The zero-order valence-electron chi connectivity index (χ0n) is 9.85. The third-order valence-electron chi connectivity index (χ3n) is 3.36. The monoisotopic (exact) mass is 234 g/mol. The van der Waals surface area contributed by atoms with Crippen LogP contribution in [-0.2, 0) is 0 Å². The van der Waals surface area contributed by atoms with Crippen LogP contribution in [0.4, 0.5) is 5.69 Å². The first-order valence-corrected chi connectivity index (χ1v) is 6.18. The highest BCUT2D eigenvalue weighted by molar-refractivity contribution is 5.93. The van der Waals surface area contributed by atoms with Crippen LogP contribution < -0.4 is 5.32 Å². The van der Waals surface area contributed by atoms with Gasteiger partial charge in [-0.3, -0.25) is 4.98 Å². The van der Waals surface area contributed by atoms with Crippen LogP contribution in [0.3, 0.4) is 0 Å². The van der Waals surface area contributed by atoms with Crippen LogP contribution in [0, 0.1) is 5.92 Å². The van der Waals surface area contributed by atoms with Crippen LogP contribution in [0.2, 0.25) is 0 Å². The average molecular weight is 234 g/mol. The Kier molecular flexibility index (Phi) is 3.96. The maximum absolute atomic E-state index is 11.0. The van der Waals surface area contributed by atoms with Crippen LogP contribution in [-0.4, -0.2) is 22.6 Å². The molecule has 2 rings (SSSR count). The van der Waals surface area contributed by atoms with Gasteiger partial charge >= 0.3 is 5.97 Å². The summed E-state index contributed by atoms with van der Waals surface area (Å²) in [6.07, 6.45) is 9.52. The Bertz CT molecular complexity index is 387. The van der Waals surface area contributed by atoms with E-state index in [9.17, 15) is 4.79 Å². The third-order valence-corrected chi connectivity index (χ3v) is 3.36. The van der Waals surface area contributed by atoms with Crippen molar-refractivity contribution in [2.75, 3.05) is 11.9 Å². The Morgan fingerprint density at radius 1 is 1.41 bits per heavy atom. The van der Waals surface area contributed by atoms with Gasteiger partial charge in [0.05, 0.1) is 17.4 Å². The molecule has 0 unspecified atom stereocenters. The van der Waals surface area contributed by atoms with E-state index in [2.05, 4.69) is 10.3 Å². The molecule has 92 valence electrons. The molecule has 1 aliphatic rings. The van der Waals surface area contributed by atoms with Crippen molar-refractivity contribution >= 4 is 11.7 Å². The molecule has 0 aliphatic heterocycles. The fourth-order valence-corrected chi connectivity index (χ4v) is 2.37. The Labute approximate surface area is 101 Å². The molecule has 0 amide bonds. The average Bonchev–Trinajstić information content (AvgIpc) is 2.38. The predicted octanol–water partition coefficient (Wildman–Crippen LogP) is 2.77. The molecule has 17 heavy (non-hydrogen) atoms. The van der Waals surface area contributed by atoms with Crippen molar-refractivity contribution in [1.82, 2.24) is 4.98 Å². The predicted molar refractivity (Wildman–Crippen MR) is 66.3 cm³/mol. The molecule has 1 heterocycles. The number of carboxylic acid groups (broad SMARTS) is 1. The lowest BCUT2D eigenvalue weighted by atomic mass is 9.89. The highest BCUT2D eigenvalue weighted by Crippen LogP contribution is 2.24. The molecule has 1 aromatic rings. The normalized spacial score (nSPS) is 16.7. The number of rotatable bonds is 4. The second-order valence-electron chi connectivity index (χ2n) is 4.61. The summed E-state index contributed by atoms with van der Waals surface area (Å²) >= 11 is 0. The second kappa shape index (κ2) is 5.66. The lowest BCUT2D eigenvalue weighted by molar-refractivity contribution is 0.0698. The maximum Gasteiger partial charge on any atom is 0.337 e. The topological polar surface area (TPSA) is 62.2 Å². The highest BCUT2D eigenvalue weighted by Gasteiger charge is 2.15. The van der Waals surface area contributed by atoms with Crippen molar-refractivity contribution < 1.29 is 9.90 Å². The standard InChI is InChI=1S/C13H18N2O2/c16-13(17)11-6-7-14-9-12(11)15-8-10-4-2-1-3-5-10/h6-7,9-10,15H,1-5,8H2,(H,16,17). The van der Waals surface area contributed by atoms with Crippen LogP contribution in [0.5, 0.6) is 0 Å². The second-order valence-corrected chi connectivity index (χ2v) is 4.61. The Morgan fingerprint density at radius 3 is 2.88 bits per heavy atom. The number of hydrogen-bond donors (Lipinski definition) is 2. The quantitative estimate of drug-likeness (QED) is 0.840. The maximum atomic E-state index is 11.0. The molecule has 1 saturated carbocycles. The Morgan fingerprint density at radius 2 is 2.18 bits per heavy atom. The molecule has 0 spiro atoms. The molecule has 1 fully saturated rings. The van der Waals surface area contributed by atoms with E-state index in [-0.39, 0.29) is 0 Å². The van der Waals surface area contributed by atoms with Gasteiger partial charge in [0.15, 0.2) is 0 Å². The van der Waals surface area contributed by atoms with Crippen molar-refractivity contribution in [1.29, 1.82) is 0 Å². The molecule has 4 heteroatoms. The van der Waals surface area contributed by atoms with Gasteiger partial charge < -0.3 is 10.4 Å². The van der Waals surface area contributed by atoms with Gasteiger partial charge in [-0.1, -0.05) is 19.3 Å². The van der Waals surface area contributed by atoms with Gasteiger partial charge in [-0.05, 0) is 24.8 Å². The van der Waals surface area contributed by atoms with Crippen molar-refractivity contribution in [2.45, 2.75) is 32.1 Å². The number of carboxylic acids is 1. The summed E-state index contributed by atoms with van der Waals surface area (Å²) in [5.74, 6) is -0.232. The number of nitrogens with zero attached hydrogens (tertiary/aromatic N) is 1. The van der Waals surface area contributed by atoms with Crippen molar-refractivity contribution in [2.24, 2.45) is 5.92 Å². The van der Waals surface area contributed by atoms with Gasteiger partial charge in [0.2, 0.25) is 0 Å². The number of nitrogens with one attached hydrogen (secondary N) is 1. The highest BCUT2D eigenvalue weighted by atomic mass is 16.4. The number of aromatic carboxylic acids is 1. The summed E-state index contributed by atoms with van der Waals surface area (Å²) in [4.78, 5) is 15.0. The van der Waals surface area contributed by atoms with Crippen LogP contribution in [0.15, 0.2) is 18.5 Å². The van der Waals surface area contributed by atoms with E-state index in [1.54, 1.807) is 6.20 Å². The molecular weight excluding hydrogens is 216 g/mol.